The maximum atomic E-state index is 12.1. The van der Waals surface area contributed by atoms with E-state index >= 15 is 0 Å². The molecule has 1 heterocycles. The fourth-order valence-electron chi connectivity index (χ4n) is 2.73. The molecule has 2 fully saturated rings. The predicted octanol–water partition coefficient (Wildman–Crippen LogP) is 1.29. The maximum Gasteiger partial charge on any atom is 0.312 e. The molecule has 0 N–H and O–H groups in total. The number of hydrogen-bond acceptors (Lipinski definition) is 5. The first-order valence-corrected chi connectivity index (χ1v) is 6.17. The van der Waals surface area contributed by atoms with Crippen LogP contribution in [0.5, 0.6) is 0 Å². The maximum absolute atomic E-state index is 12.1. The third kappa shape index (κ3) is 2.11. The summed E-state index contributed by atoms with van der Waals surface area (Å²) in [7, 11) is 1.33. The Morgan fingerprint density at radius 3 is 2.39 bits per heavy atom. The highest BCUT2D eigenvalue weighted by molar-refractivity contribution is 5.85. The highest BCUT2D eigenvalue weighted by atomic mass is 16.6. The summed E-state index contributed by atoms with van der Waals surface area (Å²) < 4.78 is 15.6. The molecule has 1 saturated carbocycles. The number of ether oxygens (including phenoxy) is 3. The highest BCUT2D eigenvalue weighted by Crippen LogP contribution is 2.56. The van der Waals surface area contributed by atoms with Gasteiger partial charge in [0.1, 0.15) is 17.1 Å². The first-order valence-electron chi connectivity index (χ1n) is 6.17. The molecule has 4 atom stereocenters. The van der Waals surface area contributed by atoms with E-state index in [2.05, 4.69) is 0 Å². The van der Waals surface area contributed by atoms with Crippen LogP contribution in [0.15, 0.2) is 0 Å². The first kappa shape index (κ1) is 13.3. The first-order chi connectivity index (χ1) is 8.19. The summed E-state index contributed by atoms with van der Waals surface area (Å²) in [6, 6.07) is 0. The Kier molecular flexibility index (Phi) is 2.93. The van der Waals surface area contributed by atoms with Crippen molar-refractivity contribution in [3.8, 4) is 0 Å². The van der Waals surface area contributed by atoms with Gasteiger partial charge in [0.05, 0.1) is 19.1 Å². The molecule has 0 amide bonds. The topological polar surface area (TPSA) is 65.1 Å². The van der Waals surface area contributed by atoms with Crippen molar-refractivity contribution in [2.24, 2.45) is 11.8 Å². The van der Waals surface area contributed by atoms with Gasteiger partial charge >= 0.3 is 11.9 Å². The van der Waals surface area contributed by atoms with Crippen LogP contribution >= 0.6 is 0 Å². The van der Waals surface area contributed by atoms with E-state index in [1.165, 1.54) is 7.11 Å². The standard InChI is InChI=1S/C13H20O5/c1-12(2,3)18-10(14)7-6-8-13(4,17-8)9(7)11(15)16-5/h7-9H,6H2,1-5H3/t7?,8-,9?,13-/m0/s1. The minimum Gasteiger partial charge on any atom is -0.469 e. The van der Waals surface area contributed by atoms with Crippen LogP contribution in [-0.4, -0.2) is 36.4 Å². The van der Waals surface area contributed by atoms with E-state index in [-0.39, 0.29) is 12.1 Å². The summed E-state index contributed by atoms with van der Waals surface area (Å²) >= 11 is 0. The average molecular weight is 256 g/mol. The smallest absolute Gasteiger partial charge is 0.312 e. The Morgan fingerprint density at radius 2 is 1.89 bits per heavy atom. The average Bonchev–Trinajstić information content (AvgIpc) is 2.77. The number of hydrogen-bond donors (Lipinski definition) is 0. The lowest BCUT2D eigenvalue weighted by Crippen LogP contribution is -2.39. The van der Waals surface area contributed by atoms with Gasteiger partial charge in [0.15, 0.2) is 0 Å². The van der Waals surface area contributed by atoms with E-state index in [9.17, 15) is 9.59 Å². The van der Waals surface area contributed by atoms with Gasteiger partial charge in [-0.15, -0.1) is 0 Å². The lowest BCUT2D eigenvalue weighted by atomic mass is 9.89. The summed E-state index contributed by atoms with van der Waals surface area (Å²) in [4.78, 5) is 23.9. The van der Waals surface area contributed by atoms with E-state index in [1.54, 1.807) is 0 Å². The van der Waals surface area contributed by atoms with Crippen LogP contribution in [-0.2, 0) is 23.8 Å². The molecule has 1 aliphatic carbocycles. The fourth-order valence-corrected chi connectivity index (χ4v) is 2.73. The minimum absolute atomic E-state index is 0.0286. The number of epoxide rings is 1. The van der Waals surface area contributed by atoms with Gasteiger partial charge in [-0.3, -0.25) is 9.59 Å². The van der Waals surface area contributed by atoms with E-state index in [4.69, 9.17) is 14.2 Å². The molecule has 1 aliphatic heterocycles. The molecule has 1 saturated heterocycles. The van der Waals surface area contributed by atoms with Crippen molar-refractivity contribution in [1.82, 2.24) is 0 Å². The normalized spacial score (nSPS) is 37.9. The van der Waals surface area contributed by atoms with Crippen LogP contribution in [0.1, 0.15) is 34.1 Å². The van der Waals surface area contributed by atoms with Crippen molar-refractivity contribution < 1.29 is 23.8 Å². The van der Waals surface area contributed by atoms with Gasteiger partial charge in [-0.25, -0.2) is 0 Å². The summed E-state index contributed by atoms with van der Waals surface area (Å²) in [5, 5.41) is 0. The SMILES string of the molecule is COC(=O)C1C(C(=O)OC(C)(C)C)C[C@@H]2O[C@]12C. The van der Waals surface area contributed by atoms with Crippen LogP contribution in [0, 0.1) is 11.8 Å². The zero-order chi connectivity index (χ0) is 13.7. The minimum atomic E-state index is -0.553. The van der Waals surface area contributed by atoms with Crippen LogP contribution < -0.4 is 0 Å². The van der Waals surface area contributed by atoms with Gasteiger partial charge in [-0.05, 0) is 34.1 Å². The molecule has 2 aliphatic rings. The van der Waals surface area contributed by atoms with Crippen molar-refractivity contribution in [3.05, 3.63) is 0 Å². The fraction of sp³-hybridized carbons (Fsp3) is 0.846. The molecular weight excluding hydrogens is 236 g/mol. The number of carbonyl (C=O) groups excluding carboxylic acids is 2. The Bertz CT molecular complexity index is 383. The quantitative estimate of drug-likeness (QED) is 0.550. The molecular formula is C13H20O5. The molecule has 5 nitrogen and oxygen atoms in total. The lowest BCUT2D eigenvalue weighted by molar-refractivity contribution is -0.169. The second-order valence-corrected chi connectivity index (χ2v) is 6.17. The number of carbonyl (C=O) groups is 2. The van der Waals surface area contributed by atoms with Gasteiger partial charge in [0, 0.05) is 0 Å². The van der Waals surface area contributed by atoms with Crippen molar-refractivity contribution in [3.63, 3.8) is 0 Å². The number of esters is 2. The second kappa shape index (κ2) is 3.95. The molecule has 2 unspecified atom stereocenters. The molecule has 2 rings (SSSR count). The Labute approximate surface area is 107 Å². The van der Waals surface area contributed by atoms with Gasteiger partial charge < -0.3 is 14.2 Å². The zero-order valence-corrected chi connectivity index (χ0v) is 11.5. The van der Waals surface area contributed by atoms with Gasteiger partial charge in [0.2, 0.25) is 0 Å². The summed E-state index contributed by atoms with van der Waals surface area (Å²) in [5.74, 6) is -1.74. The Balaban J connectivity index is 2.14. The number of fused-ring (bicyclic) bond motifs is 1. The molecule has 18 heavy (non-hydrogen) atoms. The molecule has 102 valence electrons. The van der Waals surface area contributed by atoms with E-state index < -0.39 is 29.0 Å². The molecule has 0 aromatic rings. The second-order valence-electron chi connectivity index (χ2n) is 6.17. The molecule has 0 bridgehead atoms. The van der Waals surface area contributed by atoms with Crippen LogP contribution in [0.25, 0.3) is 0 Å². The Hall–Kier alpha value is -1.10. The third-order valence-electron chi connectivity index (χ3n) is 3.63. The van der Waals surface area contributed by atoms with Crippen molar-refractivity contribution in [1.29, 1.82) is 0 Å². The van der Waals surface area contributed by atoms with Gasteiger partial charge in [-0.2, -0.15) is 0 Å². The zero-order valence-electron chi connectivity index (χ0n) is 11.5. The molecule has 0 spiro atoms. The van der Waals surface area contributed by atoms with Gasteiger partial charge in [-0.1, -0.05) is 0 Å². The van der Waals surface area contributed by atoms with E-state index in [0.717, 1.165) is 0 Å². The highest BCUT2D eigenvalue weighted by Gasteiger charge is 2.70. The van der Waals surface area contributed by atoms with Crippen molar-refractivity contribution in [2.45, 2.75) is 51.4 Å². The predicted molar refractivity (Wildman–Crippen MR) is 62.7 cm³/mol. The van der Waals surface area contributed by atoms with E-state index in [1.807, 2.05) is 27.7 Å². The van der Waals surface area contributed by atoms with Crippen molar-refractivity contribution in [2.75, 3.05) is 7.11 Å². The molecule has 5 heteroatoms. The summed E-state index contributed by atoms with van der Waals surface area (Å²) in [5.41, 5.74) is -1.10. The monoisotopic (exact) mass is 256 g/mol. The molecule has 0 aromatic heterocycles. The summed E-state index contributed by atoms with van der Waals surface area (Å²) in [6.45, 7) is 7.29. The number of methoxy groups -OCH3 is 1. The van der Waals surface area contributed by atoms with E-state index in [0.29, 0.717) is 6.42 Å². The van der Waals surface area contributed by atoms with Gasteiger partial charge in [0.25, 0.3) is 0 Å². The summed E-state index contributed by atoms with van der Waals surface area (Å²) in [6.07, 6.45) is 0.504. The third-order valence-corrected chi connectivity index (χ3v) is 3.63. The molecule has 0 radical (unpaired) electrons. The van der Waals surface area contributed by atoms with Crippen LogP contribution in [0.3, 0.4) is 0 Å². The largest absolute Gasteiger partial charge is 0.469 e. The Morgan fingerprint density at radius 1 is 1.28 bits per heavy atom. The van der Waals surface area contributed by atoms with Crippen molar-refractivity contribution >= 4 is 11.9 Å². The molecule has 0 aromatic carbocycles. The lowest BCUT2D eigenvalue weighted by Gasteiger charge is -2.26. The number of rotatable bonds is 2. The van der Waals surface area contributed by atoms with Crippen LogP contribution in [0.2, 0.25) is 0 Å². The van der Waals surface area contributed by atoms with Crippen LogP contribution in [0.4, 0.5) is 0 Å².